The van der Waals surface area contributed by atoms with E-state index < -0.39 is 17.4 Å². The van der Waals surface area contributed by atoms with Gasteiger partial charge in [0.1, 0.15) is 0 Å². The molecule has 2 aliphatic heterocycles. The second-order valence-electron chi connectivity index (χ2n) is 11.9. The molecule has 0 unspecified atom stereocenters. The van der Waals surface area contributed by atoms with E-state index in [9.17, 15) is 19.2 Å². The highest BCUT2D eigenvalue weighted by atomic mass is 16.6. The van der Waals surface area contributed by atoms with Gasteiger partial charge in [0, 0.05) is 28.5 Å². The van der Waals surface area contributed by atoms with Crippen LogP contribution >= 0.6 is 0 Å². The van der Waals surface area contributed by atoms with Crippen LogP contribution in [0.4, 0.5) is 26.8 Å². The van der Waals surface area contributed by atoms with E-state index in [0.717, 1.165) is 39.9 Å². The number of nitrogens with zero attached hydrogens (tertiary/aromatic N) is 4. The number of carbonyl (C=O) groups excluding carboxylic acids is 4. The molecule has 0 saturated heterocycles. The molecule has 232 valence electrons. The summed E-state index contributed by atoms with van der Waals surface area (Å²) >= 11 is 0. The first-order valence-corrected chi connectivity index (χ1v) is 15.2. The van der Waals surface area contributed by atoms with Crippen LogP contribution < -0.4 is 15.5 Å². The first kappa shape index (κ1) is 30.8. The number of anilines is 3. The zero-order valence-corrected chi connectivity index (χ0v) is 26.4. The predicted molar refractivity (Wildman–Crippen MR) is 168 cm³/mol. The molecule has 11 heteroatoms. The molecule has 0 radical (unpaired) electrons. The van der Waals surface area contributed by atoms with E-state index in [1.807, 2.05) is 65.8 Å². The Morgan fingerprint density at radius 2 is 1.68 bits per heavy atom. The van der Waals surface area contributed by atoms with Gasteiger partial charge in [-0.1, -0.05) is 38.1 Å². The van der Waals surface area contributed by atoms with Crippen molar-refractivity contribution >= 4 is 41.1 Å². The van der Waals surface area contributed by atoms with Gasteiger partial charge in [-0.25, -0.2) is 9.59 Å². The molecule has 44 heavy (non-hydrogen) atoms. The van der Waals surface area contributed by atoms with Crippen LogP contribution in [-0.2, 0) is 40.9 Å². The van der Waals surface area contributed by atoms with Crippen molar-refractivity contribution in [3.63, 3.8) is 0 Å². The van der Waals surface area contributed by atoms with Crippen molar-refractivity contribution in [1.29, 1.82) is 0 Å². The summed E-state index contributed by atoms with van der Waals surface area (Å²) in [6.45, 7) is 13.8. The number of urea groups is 1. The van der Waals surface area contributed by atoms with Gasteiger partial charge in [0.2, 0.25) is 5.91 Å². The van der Waals surface area contributed by atoms with E-state index in [1.165, 1.54) is 0 Å². The van der Waals surface area contributed by atoms with Crippen molar-refractivity contribution in [3.8, 4) is 0 Å². The van der Waals surface area contributed by atoms with Gasteiger partial charge in [0.15, 0.2) is 5.82 Å². The largest absolute Gasteiger partial charge is 0.448 e. The van der Waals surface area contributed by atoms with Crippen LogP contribution in [-0.4, -0.2) is 51.3 Å². The average molecular weight is 601 g/mol. The molecule has 4 amide bonds. The number of ether oxygens (including phenoxy) is 1. The lowest BCUT2D eigenvalue weighted by Crippen LogP contribution is -2.40. The second-order valence-corrected chi connectivity index (χ2v) is 11.9. The standard InChI is InChI=1S/C33H40N6O5/c1-8-20-12-11-13-21(9-2)27(20)34-31(42)37-17-23-26(18-37)39(32(43)44-10-3)36-28(23)35-29(40)22-14-15-24-25(16-22)38(19(4)5)30(41)33(24,6)7/h11-16,19H,8-10,17-18H2,1-7H3,(H,34,42)(H,35,36,40). The van der Waals surface area contributed by atoms with E-state index in [4.69, 9.17) is 4.74 Å². The van der Waals surface area contributed by atoms with E-state index in [0.29, 0.717) is 22.5 Å². The Morgan fingerprint density at radius 3 is 2.30 bits per heavy atom. The Hall–Kier alpha value is -4.67. The molecule has 0 spiro atoms. The van der Waals surface area contributed by atoms with Crippen molar-refractivity contribution in [2.75, 3.05) is 22.1 Å². The van der Waals surface area contributed by atoms with Gasteiger partial charge in [-0.05, 0) is 76.3 Å². The smallest absolute Gasteiger partial charge is 0.435 e. The van der Waals surface area contributed by atoms with E-state index in [-0.39, 0.29) is 43.5 Å². The minimum Gasteiger partial charge on any atom is -0.448 e. The first-order chi connectivity index (χ1) is 20.9. The summed E-state index contributed by atoms with van der Waals surface area (Å²) in [6, 6.07) is 10.8. The van der Waals surface area contributed by atoms with E-state index in [2.05, 4.69) is 15.7 Å². The van der Waals surface area contributed by atoms with Gasteiger partial charge in [-0.3, -0.25) is 9.59 Å². The van der Waals surface area contributed by atoms with Gasteiger partial charge in [0.25, 0.3) is 5.91 Å². The Morgan fingerprint density at radius 1 is 1.00 bits per heavy atom. The maximum atomic E-state index is 13.6. The lowest BCUT2D eigenvalue weighted by molar-refractivity contribution is -0.122. The fourth-order valence-corrected chi connectivity index (χ4v) is 6.03. The molecule has 2 aromatic carbocycles. The van der Waals surface area contributed by atoms with Crippen molar-refractivity contribution in [2.24, 2.45) is 0 Å². The number of para-hydroxylation sites is 1. The highest BCUT2D eigenvalue weighted by molar-refractivity contribution is 6.11. The van der Waals surface area contributed by atoms with Crippen LogP contribution in [0.2, 0.25) is 0 Å². The number of benzene rings is 2. The van der Waals surface area contributed by atoms with Crippen molar-refractivity contribution in [2.45, 2.75) is 85.9 Å². The third kappa shape index (κ3) is 5.20. The maximum Gasteiger partial charge on any atom is 0.435 e. The monoisotopic (exact) mass is 600 g/mol. The molecule has 0 aliphatic carbocycles. The van der Waals surface area contributed by atoms with Crippen molar-refractivity contribution < 1.29 is 23.9 Å². The summed E-state index contributed by atoms with van der Waals surface area (Å²) in [5.74, 6) is -0.288. The number of aryl methyl sites for hydroxylation is 2. The lowest BCUT2D eigenvalue weighted by Gasteiger charge is -2.24. The fraction of sp³-hybridized carbons (Fsp3) is 0.424. The van der Waals surface area contributed by atoms with Gasteiger partial charge in [-0.15, -0.1) is 5.10 Å². The normalized spacial score (nSPS) is 15.0. The summed E-state index contributed by atoms with van der Waals surface area (Å²) in [4.78, 5) is 56.3. The molecular weight excluding hydrogens is 560 g/mol. The van der Waals surface area contributed by atoms with Gasteiger partial charge < -0.3 is 25.2 Å². The summed E-state index contributed by atoms with van der Waals surface area (Å²) in [5, 5.41) is 10.3. The number of amides is 4. The molecule has 5 rings (SSSR count). The molecule has 3 heterocycles. The Labute approximate surface area is 257 Å². The van der Waals surface area contributed by atoms with E-state index >= 15 is 0 Å². The summed E-state index contributed by atoms with van der Waals surface area (Å²) < 4.78 is 6.33. The number of rotatable bonds is 7. The minimum atomic E-state index is -0.701. The summed E-state index contributed by atoms with van der Waals surface area (Å²) in [6.07, 6.45) is 0.837. The van der Waals surface area contributed by atoms with Crippen LogP contribution in [0.1, 0.15) is 86.8 Å². The summed E-state index contributed by atoms with van der Waals surface area (Å²) in [5.41, 5.74) is 5.11. The predicted octanol–water partition coefficient (Wildman–Crippen LogP) is 5.85. The molecule has 0 bridgehead atoms. The SMILES string of the molecule is CCOC(=O)n1nc(NC(=O)c2ccc3c(c2)N(C(C)C)C(=O)C3(C)C)c2c1CN(C(=O)Nc1c(CC)cccc1CC)C2. The molecule has 0 fully saturated rings. The van der Waals surface area contributed by atoms with Gasteiger partial charge in [0.05, 0.1) is 30.8 Å². The average Bonchev–Trinajstić information content (AvgIpc) is 3.63. The van der Waals surface area contributed by atoms with Crippen LogP contribution in [0.15, 0.2) is 36.4 Å². The molecule has 2 N–H and O–H groups in total. The lowest BCUT2D eigenvalue weighted by atomic mass is 9.86. The quantitative estimate of drug-likeness (QED) is 0.351. The number of carbonyl (C=O) groups is 4. The first-order valence-electron chi connectivity index (χ1n) is 15.2. The Balaban J connectivity index is 1.43. The van der Waals surface area contributed by atoms with Crippen LogP contribution in [0, 0.1) is 0 Å². The van der Waals surface area contributed by atoms with Crippen LogP contribution in [0.3, 0.4) is 0 Å². The molecule has 0 atom stereocenters. The number of nitrogens with one attached hydrogen (secondary N) is 2. The molecule has 0 saturated carbocycles. The fourth-order valence-electron chi connectivity index (χ4n) is 6.03. The zero-order chi connectivity index (χ0) is 31.9. The van der Waals surface area contributed by atoms with Crippen LogP contribution in [0.5, 0.6) is 0 Å². The maximum absolute atomic E-state index is 13.6. The van der Waals surface area contributed by atoms with Gasteiger partial charge in [-0.2, -0.15) is 4.68 Å². The highest BCUT2D eigenvalue weighted by Gasteiger charge is 2.45. The second kappa shape index (κ2) is 11.8. The van der Waals surface area contributed by atoms with Crippen LogP contribution in [0.25, 0.3) is 0 Å². The zero-order valence-electron chi connectivity index (χ0n) is 26.4. The molecular formula is C33H40N6O5. The Bertz CT molecular complexity index is 1630. The number of hydrogen-bond acceptors (Lipinski definition) is 6. The molecule has 1 aromatic heterocycles. The third-order valence-corrected chi connectivity index (χ3v) is 8.43. The summed E-state index contributed by atoms with van der Waals surface area (Å²) in [7, 11) is 0. The van der Waals surface area contributed by atoms with Crippen molar-refractivity contribution in [3.05, 3.63) is 69.9 Å². The molecule has 3 aromatic rings. The number of fused-ring (bicyclic) bond motifs is 2. The Kier molecular flexibility index (Phi) is 8.24. The minimum absolute atomic E-state index is 0.0166. The highest BCUT2D eigenvalue weighted by Crippen LogP contribution is 2.43. The number of aromatic nitrogens is 2. The topological polar surface area (TPSA) is 126 Å². The molecule has 11 nitrogen and oxygen atoms in total. The number of hydrogen-bond donors (Lipinski definition) is 2. The third-order valence-electron chi connectivity index (χ3n) is 8.43. The van der Waals surface area contributed by atoms with Crippen molar-refractivity contribution in [1.82, 2.24) is 14.7 Å². The van der Waals surface area contributed by atoms with Gasteiger partial charge >= 0.3 is 12.1 Å². The van der Waals surface area contributed by atoms with E-state index in [1.54, 1.807) is 28.9 Å². The molecule has 2 aliphatic rings.